The van der Waals surface area contributed by atoms with Gasteiger partial charge in [0, 0.05) is 14.1 Å². The quantitative estimate of drug-likeness (QED) is 0.863. The van der Waals surface area contributed by atoms with E-state index in [1.54, 1.807) is 25.1 Å². The van der Waals surface area contributed by atoms with Crippen molar-refractivity contribution in [1.29, 1.82) is 5.26 Å². The van der Waals surface area contributed by atoms with Crippen LogP contribution < -0.4 is 10.6 Å². The summed E-state index contributed by atoms with van der Waals surface area (Å²) in [5, 5.41) is 9.34. The fraction of sp³-hybridized carbons (Fsp3) is 0.200. The van der Waals surface area contributed by atoms with Gasteiger partial charge in [-0.25, -0.2) is 0 Å². The third kappa shape index (κ3) is 3.54. The molecule has 0 aliphatic heterocycles. The first-order valence-corrected chi connectivity index (χ1v) is 6.37. The lowest BCUT2D eigenvalue weighted by Gasteiger charge is -2.10. The molecule has 0 aliphatic carbocycles. The van der Waals surface area contributed by atoms with Gasteiger partial charge in [0.15, 0.2) is 5.82 Å². The molecule has 0 amide bonds. The minimum Gasteiger partial charge on any atom is -0.368 e. The minimum atomic E-state index is 0.0914. The smallest absolute Gasteiger partial charge is 0.230 e. The van der Waals surface area contributed by atoms with Gasteiger partial charge >= 0.3 is 0 Å². The van der Waals surface area contributed by atoms with Crippen molar-refractivity contribution >= 4 is 23.5 Å². The molecule has 0 radical (unpaired) electrons. The zero-order valence-electron chi connectivity index (χ0n) is 12.2. The van der Waals surface area contributed by atoms with Crippen LogP contribution in [0.15, 0.2) is 24.3 Å². The summed E-state index contributed by atoms with van der Waals surface area (Å²) in [7, 11) is 3.60. The highest BCUT2D eigenvalue weighted by atomic mass is 15.3. The summed E-state index contributed by atoms with van der Waals surface area (Å²) in [5.41, 5.74) is 8.08. The lowest BCUT2D eigenvalue weighted by atomic mass is 10.1. The number of nitrogens with two attached hydrogens (primary N) is 1. The monoisotopic (exact) mass is 280 g/mol. The van der Waals surface area contributed by atoms with Crippen LogP contribution in [0.1, 0.15) is 17.0 Å². The summed E-state index contributed by atoms with van der Waals surface area (Å²) in [5.74, 6) is 0.783. The van der Waals surface area contributed by atoms with Crippen LogP contribution in [-0.4, -0.2) is 29.0 Å². The molecule has 0 atom stereocenters. The van der Waals surface area contributed by atoms with E-state index >= 15 is 0 Å². The number of rotatable bonds is 3. The molecule has 0 unspecified atom stereocenters. The molecule has 0 bridgehead atoms. The van der Waals surface area contributed by atoms with E-state index in [4.69, 9.17) is 5.73 Å². The minimum absolute atomic E-state index is 0.0914. The molecule has 6 heteroatoms. The lowest BCUT2D eigenvalue weighted by Crippen LogP contribution is -2.15. The summed E-state index contributed by atoms with van der Waals surface area (Å²) < 4.78 is 0. The molecule has 0 fully saturated rings. The topological polar surface area (TPSA) is 91.7 Å². The van der Waals surface area contributed by atoms with E-state index in [9.17, 15) is 5.26 Å². The molecule has 1 aromatic heterocycles. The van der Waals surface area contributed by atoms with Gasteiger partial charge in [-0.15, -0.1) is 0 Å². The third-order valence-electron chi connectivity index (χ3n) is 2.79. The molecule has 6 nitrogen and oxygen atoms in total. The van der Waals surface area contributed by atoms with E-state index in [0.717, 1.165) is 11.1 Å². The Kier molecular flexibility index (Phi) is 4.14. The number of nitrogen functional groups attached to an aromatic ring is 1. The van der Waals surface area contributed by atoms with Crippen molar-refractivity contribution in [2.75, 3.05) is 24.7 Å². The fourth-order valence-corrected chi connectivity index (χ4v) is 1.68. The van der Waals surface area contributed by atoms with Crippen molar-refractivity contribution in [3.05, 3.63) is 41.2 Å². The second-order valence-electron chi connectivity index (χ2n) is 4.79. The standard InChI is InChI=1S/C15H16N6/c1-10-4-6-11(7-5-10)8-12(9-16)13-18-14(17)20-15(19-13)21(2)3/h4-8H,1-3H3,(H2,17,18,19,20). The number of allylic oxidation sites excluding steroid dienone is 1. The average molecular weight is 280 g/mol. The number of nitriles is 1. The number of anilines is 2. The predicted molar refractivity (Wildman–Crippen MR) is 83.2 cm³/mol. The van der Waals surface area contributed by atoms with Gasteiger partial charge in [0.25, 0.3) is 0 Å². The summed E-state index contributed by atoms with van der Waals surface area (Å²) in [6.45, 7) is 2.01. The molecule has 1 aromatic carbocycles. The van der Waals surface area contributed by atoms with Crippen molar-refractivity contribution < 1.29 is 0 Å². The van der Waals surface area contributed by atoms with E-state index in [2.05, 4.69) is 21.0 Å². The Bertz CT molecular complexity index is 710. The maximum absolute atomic E-state index is 9.34. The van der Waals surface area contributed by atoms with Gasteiger partial charge in [-0.3, -0.25) is 0 Å². The second kappa shape index (κ2) is 6.01. The number of aryl methyl sites for hydroxylation is 1. The highest BCUT2D eigenvalue weighted by Crippen LogP contribution is 2.17. The summed E-state index contributed by atoms with van der Waals surface area (Å²) in [4.78, 5) is 14.0. The third-order valence-corrected chi connectivity index (χ3v) is 2.79. The molecule has 0 saturated heterocycles. The number of aromatic nitrogens is 3. The van der Waals surface area contributed by atoms with E-state index in [1.807, 2.05) is 31.2 Å². The van der Waals surface area contributed by atoms with Gasteiger partial charge in [0.05, 0.1) is 5.57 Å². The molecular weight excluding hydrogens is 264 g/mol. The van der Waals surface area contributed by atoms with E-state index in [-0.39, 0.29) is 11.8 Å². The second-order valence-corrected chi connectivity index (χ2v) is 4.79. The normalized spacial score (nSPS) is 11.0. The molecule has 0 spiro atoms. The van der Waals surface area contributed by atoms with Crippen molar-refractivity contribution in [3.8, 4) is 6.07 Å². The first-order chi connectivity index (χ1) is 9.99. The first kappa shape index (κ1) is 14.5. The van der Waals surface area contributed by atoms with Crippen molar-refractivity contribution in [2.24, 2.45) is 0 Å². The largest absolute Gasteiger partial charge is 0.368 e. The Balaban J connectivity index is 2.46. The zero-order valence-corrected chi connectivity index (χ0v) is 12.2. The summed E-state index contributed by atoms with van der Waals surface area (Å²) in [6.07, 6.45) is 1.73. The molecule has 1 heterocycles. The number of hydrogen-bond donors (Lipinski definition) is 1. The van der Waals surface area contributed by atoms with E-state index < -0.39 is 0 Å². The van der Waals surface area contributed by atoms with Crippen LogP contribution in [0.4, 0.5) is 11.9 Å². The van der Waals surface area contributed by atoms with Gasteiger partial charge in [-0.05, 0) is 18.6 Å². The highest BCUT2D eigenvalue weighted by molar-refractivity contribution is 5.87. The van der Waals surface area contributed by atoms with Crippen LogP contribution in [0, 0.1) is 18.3 Å². The highest BCUT2D eigenvalue weighted by Gasteiger charge is 2.10. The first-order valence-electron chi connectivity index (χ1n) is 6.37. The Labute approximate surface area is 123 Å². The van der Waals surface area contributed by atoms with Gasteiger partial charge in [-0.2, -0.15) is 20.2 Å². The van der Waals surface area contributed by atoms with Crippen LogP contribution in [0.5, 0.6) is 0 Å². The Hall–Kier alpha value is -2.94. The zero-order chi connectivity index (χ0) is 15.4. The maximum Gasteiger partial charge on any atom is 0.230 e. The summed E-state index contributed by atoms with van der Waals surface area (Å²) in [6, 6.07) is 9.94. The lowest BCUT2D eigenvalue weighted by molar-refractivity contribution is 0.952. The van der Waals surface area contributed by atoms with Gasteiger partial charge in [0.2, 0.25) is 11.9 Å². The molecule has 0 aliphatic rings. The molecular formula is C15H16N6. The molecule has 2 aromatic rings. The number of nitrogens with zero attached hydrogens (tertiary/aromatic N) is 5. The predicted octanol–water partition coefficient (Wildman–Crippen LogP) is 1.89. The average Bonchev–Trinajstić information content (AvgIpc) is 2.46. The molecule has 21 heavy (non-hydrogen) atoms. The van der Waals surface area contributed by atoms with E-state index in [1.165, 1.54) is 0 Å². The van der Waals surface area contributed by atoms with Gasteiger partial charge in [0.1, 0.15) is 6.07 Å². The van der Waals surface area contributed by atoms with E-state index in [0.29, 0.717) is 11.5 Å². The molecule has 2 N–H and O–H groups in total. The van der Waals surface area contributed by atoms with Crippen LogP contribution in [0.2, 0.25) is 0 Å². The Morgan fingerprint density at radius 3 is 2.43 bits per heavy atom. The number of hydrogen-bond acceptors (Lipinski definition) is 6. The Morgan fingerprint density at radius 1 is 1.19 bits per heavy atom. The van der Waals surface area contributed by atoms with Crippen molar-refractivity contribution in [3.63, 3.8) is 0 Å². The summed E-state index contributed by atoms with van der Waals surface area (Å²) >= 11 is 0. The van der Waals surface area contributed by atoms with Crippen LogP contribution >= 0.6 is 0 Å². The van der Waals surface area contributed by atoms with Gasteiger partial charge < -0.3 is 10.6 Å². The fourth-order valence-electron chi connectivity index (χ4n) is 1.68. The molecule has 0 saturated carbocycles. The number of benzene rings is 1. The Morgan fingerprint density at radius 2 is 1.86 bits per heavy atom. The van der Waals surface area contributed by atoms with Crippen LogP contribution in [0.3, 0.4) is 0 Å². The van der Waals surface area contributed by atoms with Gasteiger partial charge in [-0.1, -0.05) is 29.8 Å². The SMILES string of the molecule is Cc1ccc(C=C(C#N)c2nc(N)nc(N(C)C)n2)cc1. The molecule has 106 valence electrons. The molecule has 2 rings (SSSR count). The van der Waals surface area contributed by atoms with Crippen LogP contribution in [0.25, 0.3) is 11.6 Å². The maximum atomic E-state index is 9.34. The van der Waals surface area contributed by atoms with Crippen molar-refractivity contribution in [2.45, 2.75) is 6.92 Å². The van der Waals surface area contributed by atoms with Crippen LogP contribution in [-0.2, 0) is 0 Å². The van der Waals surface area contributed by atoms with Crippen molar-refractivity contribution in [1.82, 2.24) is 15.0 Å².